The first kappa shape index (κ1) is 97.0. The van der Waals surface area contributed by atoms with Crippen LogP contribution in [0.15, 0.2) is 267 Å². The van der Waals surface area contributed by atoms with Gasteiger partial charge in [-0.1, -0.05) is 177 Å². The van der Waals surface area contributed by atoms with Gasteiger partial charge in [-0.3, -0.25) is 43.2 Å². The zero-order valence-corrected chi connectivity index (χ0v) is 75.3. The molecular formula is C106H109N5O19. The summed E-state index contributed by atoms with van der Waals surface area (Å²) in [5.41, 5.74) is 20.5. The molecule has 3 N–H and O–H groups in total. The fourth-order valence-electron chi connectivity index (χ4n) is 14.3. The molecule has 2 heterocycles. The molecule has 0 unspecified atom stereocenters. The predicted molar refractivity (Wildman–Crippen MR) is 505 cm³/mol. The van der Waals surface area contributed by atoms with Gasteiger partial charge in [-0.05, 0) is 154 Å². The van der Waals surface area contributed by atoms with Crippen LogP contribution < -0.4 is 63.5 Å². The maximum Gasteiger partial charge on any atom is 0.254 e. The van der Waals surface area contributed by atoms with E-state index in [0.29, 0.717) is 142 Å². The molecule has 2 saturated heterocycles. The lowest BCUT2D eigenvalue weighted by molar-refractivity contribution is -0.117. The topological polar surface area (TPSA) is 294 Å². The summed E-state index contributed by atoms with van der Waals surface area (Å²) < 4.78 is 52.9. The summed E-state index contributed by atoms with van der Waals surface area (Å²) in [5, 5.41) is 2.78. The number of primary amides is 1. The van der Waals surface area contributed by atoms with Crippen molar-refractivity contribution in [2.24, 2.45) is 5.73 Å². The van der Waals surface area contributed by atoms with Gasteiger partial charge >= 0.3 is 0 Å². The number of hydrogen-bond acceptors (Lipinski definition) is 20. The van der Waals surface area contributed by atoms with Crippen LogP contribution in [0.1, 0.15) is 127 Å². The minimum atomic E-state index is -0.489. The van der Waals surface area contributed by atoms with Crippen LogP contribution in [0.2, 0.25) is 0 Å². The lowest BCUT2D eigenvalue weighted by atomic mass is 9.98. The van der Waals surface area contributed by atoms with Crippen molar-refractivity contribution in [1.82, 2.24) is 4.90 Å². The van der Waals surface area contributed by atoms with Crippen molar-refractivity contribution in [1.29, 1.82) is 0 Å². The number of nitrogens with one attached hydrogen (secondary N) is 1. The molecule has 2 fully saturated rings. The van der Waals surface area contributed by atoms with Crippen LogP contribution in [0.25, 0.3) is 22.3 Å². The minimum Gasteiger partial charge on any atom is -0.493 e. The molecule has 0 atom stereocenters. The Labute approximate surface area is 758 Å². The molecule has 24 heteroatoms. The summed E-state index contributed by atoms with van der Waals surface area (Å²) in [6, 6.07) is 82.2. The highest BCUT2D eigenvalue weighted by Gasteiger charge is 2.26. The van der Waals surface area contributed by atoms with E-state index in [1.54, 1.807) is 89.5 Å². The molecule has 0 bridgehead atoms. The SMILES string of the molecule is CCC(=O)Nc1ccc(CC(=O)c2cc(OC)c(OC)c(OC)c2)cc1.COc1cc(C(=O)Cc2ccc(N(C)C)cc2)cc(OC)c1OC.COc1cc(C(=O)Cc2ccc(N3CCCC3=O)cc2)cc(OC)c1OC.NC(=O)c1cccc(CC(=O)c2ccc(-c3ccccc3)cc2)c1.O=C(Cc1cccc(C(=O)N2CCOCC2)c1)c1ccc(-c2ccccc2)cc1. The molecule has 130 heavy (non-hydrogen) atoms. The summed E-state index contributed by atoms with van der Waals surface area (Å²) in [6.07, 6.45) is 3.20. The van der Waals surface area contributed by atoms with Crippen LogP contribution in [-0.2, 0) is 46.4 Å². The molecule has 672 valence electrons. The maximum atomic E-state index is 12.7. The second-order valence-electron chi connectivity index (χ2n) is 30.3. The van der Waals surface area contributed by atoms with Crippen LogP contribution in [0.5, 0.6) is 51.7 Å². The number of ether oxygens (including phenoxy) is 10. The third kappa shape index (κ3) is 26.9. The number of carbonyl (C=O) groups excluding carboxylic acids is 9. The predicted octanol–water partition coefficient (Wildman–Crippen LogP) is 18.1. The van der Waals surface area contributed by atoms with E-state index in [2.05, 4.69) is 5.32 Å². The number of carbonyl (C=O) groups is 9. The van der Waals surface area contributed by atoms with Gasteiger partial charge in [0.1, 0.15) is 0 Å². The number of Topliss-reactive ketones (excluding diaryl/α,β-unsaturated/α-hetero) is 5. The highest BCUT2D eigenvalue weighted by molar-refractivity contribution is 6.03. The van der Waals surface area contributed by atoms with E-state index in [-0.39, 0.29) is 72.3 Å². The Bertz CT molecular complexity index is 5790. The van der Waals surface area contributed by atoms with Gasteiger partial charge < -0.3 is 73.1 Å². The first-order valence-corrected chi connectivity index (χ1v) is 42.2. The largest absolute Gasteiger partial charge is 0.493 e. The molecule has 0 radical (unpaired) electrons. The van der Waals surface area contributed by atoms with E-state index >= 15 is 0 Å². The third-order valence-electron chi connectivity index (χ3n) is 21.4. The average Bonchev–Trinajstić information content (AvgIpc) is 0.900. The number of anilines is 3. The quantitative estimate of drug-likeness (QED) is 0.0370. The van der Waals surface area contributed by atoms with Gasteiger partial charge in [-0.15, -0.1) is 0 Å². The van der Waals surface area contributed by atoms with Gasteiger partial charge in [0.25, 0.3) is 5.91 Å². The molecule has 0 aliphatic carbocycles. The molecule has 0 spiro atoms. The zero-order chi connectivity index (χ0) is 93.2. The van der Waals surface area contributed by atoms with Crippen LogP contribution in [-0.4, -0.2) is 168 Å². The van der Waals surface area contributed by atoms with Crippen molar-refractivity contribution in [2.45, 2.75) is 58.3 Å². The second-order valence-corrected chi connectivity index (χ2v) is 30.3. The van der Waals surface area contributed by atoms with Crippen molar-refractivity contribution in [3.63, 3.8) is 0 Å². The molecule has 12 aromatic rings. The summed E-state index contributed by atoms with van der Waals surface area (Å²) in [6.45, 7) is 4.90. The normalized spacial score (nSPS) is 11.7. The van der Waals surface area contributed by atoms with Crippen molar-refractivity contribution < 1.29 is 90.5 Å². The van der Waals surface area contributed by atoms with E-state index < -0.39 is 5.91 Å². The highest BCUT2D eigenvalue weighted by Crippen LogP contribution is 2.42. The fourth-order valence-corrected chi connectivity index (χ4v) is 14.3. The number of rotatable bonds is 32. The Balaban J connectivity index is 0.000000169. The molecule has 2 aliphatic rings. The standard InChI is InChI=1S/C25H23NO3.C21H23NO5.C21H17NO2.C20H23NO5.C19H23NO4/c27-24(22-11-9-21(10-12-22)20-6-2-1-3-7-20)18-19-5-4-8-23(17-19)25(28)26-13-15-29-16-14-26;1-25-18-12-15(13-19(26-2)21(18)27-3)17(23)11-14-6-8-16(9-7-14)22-10-4-5-20(22)24;22-21(24)19-8-4-5-15(13-19)14-20(23)18-11-9-17(10-12-18)16-6-2-1-3-7-16;1-5-19(23)21-15-8-6-13(7-9-15)10-16(22)14-11-17(24-2)20(26-4)18(12-14)25-3;1-20(2)15-8-6-13(7-9-15)10-16(21)14-11-17(22-3)19(24-5)18(12-14)23-4/h1-12,17H,13-16,18H2;6-9,12-13H,4-5,10-11H2,1-3H3;1-13H,14H2,(H2,22,24);6-9,11-12H,5,10H2,1-4H3,(H,21,23);6-9,11-12H,10H2,1-5H3. The van der Waals surface area contributed by atoms with Gasteiger partial charge in [0.15, 0.2) is 63.4 Å². The van der Waals surface area contributed by atoms with Gasteiger partial charge in [0.05, 0.1) is 77.2 Å². The lowest BCUT2D eigenvalue weighted by Crippen LogP contribution is -2.40. The number of morpholine rings is 1. The monoisotopic (exact) mass is 1760 g/mol. The minimum absolute atomic E-state index is 0.00480. The van der Waals surface area contributed by atoms with Crippen molar-refractivity contribution in [2.75, 3.05) is 126 Å². The molecule has 14 rings (SSSR count). The van der Waals surface area contributed by atoms with Crippen LogP contribution in [0, 0.1) is 0 Å². The van der Waals surface area contributed by atoms with E-state index in [4.69, 9.17) is 53.1 Å². The Morgan fingerprint density at radius 3 is 1.05 bits per heavy atom. The van der Waals surface area contributed by atoms with Gasteiger partial charge in [-0.2, -0.15) is 0 Å². The smallest absolute Gasteiger partial charge is 0.254 e. The van der Waals surface area contributed by atoms with E-state index in [9.17, 15) is 43.2 Å². The molecule has 24 nitrogen and oxygen atoms in total. The Hall–Kier alpha value is -15.2. The fraction of sp³-hybridized carbons (Fsp3) is 0.236. The molecule has 4 amide bonds. The molecular weight excluding hydrogens is 1650 g/mol. The van der Waals surface area contributed by atoms with Crippen molar-refractivity contribution in [3.05, 3.63) is 334 Å². The third-order valence-corrected chi connectivity index (χ3v) is 21.4. The summed E-state index contributed by atoms with van der Waals surface area (Å²) in [5.74, 6) is 3.62. The average molecular weight is 1760 g/mol. The van der Waals surface area contributed by atoms with Crippen molar-refractivity contribution in [3.8, 4) is 74.0 Å². The van der Waals surface area contributed by atoms with Crippen LogP contribution in [0.3, 0.4) is 0 Å². The Morgan fingerprint density at radius 2 is 0.708 bits per heavy atom. The first-order valence-electron chi connectivity index (χ1n) is 42.2. The molecule has 12 aromatic carbocycles. The van der Waals surface area contributed by atoms with Gasteiger partial charge in [0, 0.05) is 135 Å². The maximum absolute atomic E-state index is 12.7. The number of methoxy groups -OCH3 is 9. The molecule has 0 aromatic heterocycles. The lowest BCUT2D eigenvalue weighted by Gasteiger charge is -2.27. The first-order chi connectivity index (χ1) is 62.9. The van der Waals surface area contributed by atoms with E-state index in [1.165, 1.54) is 64.0 Å². The van der Waals surface area contributed by atoms with Crippen LogP contribution in [0.4, 0.5) is 17.1 Å². The number of hydrogen-bond donors (Lipinski definition) is 2. The summed E-state index contributed by atoms with van der Waals surface area (Å²) in [4.78, 5) is 116. The molecule has 2 aliphatic heterocycles. The zero-order valence-electron chi connectivity index (χ0n) is 75.3. The van der Waals surface area contributed by atoms with Gasteiger partial charge in [-0.25, -0.2) is 0 Å². The number of ketones is 5. The van der Waals surface area contributed by atoms with Crippen molar-refractivity contribution >= 4 is 69.6 Å². The van der Waals surface area contributed by atoms with Gasteiger partial charge in [0.2, 0.25) is 35.0 Å². The summed E-state index contributed by atoms with van der Waals surface area (Å²) in [7, 11) is 17.7. The Kier molecular flexibility index (Phi) is 36.2. The number of amides is 4. The number of nitrogens with zero attached hydrogens (tertiary/aromatic N) is 3. The molecule has 0 saturated carbocycles. The second kappa shape index (κ2) is 48.5. The highest BCUT2D eigenvalue weighted by atomic mass is 16.5. The summed E-state index contributed by atoms with van der Waals surface area (Å²) >= 11 is 0. The Morgan fingerprint density at radius 1 is 0.362 bits per heavy atom. The number of nitrogens with two attached hydrogens (primary N) is 1. The van der Waals surface area contributed by atoms with E-state index in [0.717, 1.165) is 74.4 Å². The van der Waals surface area contributed by atoms with E-state index in [1.807, 2.05) is 213 Å². The van der Waals surface area contributed by atoms with Crippen LogP contribution >= 0.6 is 0 Å². The number of benzene rings is 12.